The van der Waals surface area contributed by atoms with Gasteiger partial charge in [-0.1, -0.05) is 66.8 Å². The van der Waals surface area contributed by atoms with E-state index in [1.54, 1.807) is 0 Å². The lowest BCUT2D eigenvalue weighted by atomic mass is 9.65. The molecule has 25 heavy (non-hydrogen) atoms. The lowest BCUT2D eigenvalue weighted by Gasteiger charge is -2.37. The number of nitriles is 1. The van der Waals surface area contributed by atoms with Gasteiger partial charge in [0.1, 0.15) is 0 Å². The van der Waals surface area contributed by atoms with Crippen molar-refractivity contribution in [2.24, 2.45) is 17.3 Å². The zero-order valence-corrected chi connectivity index (χ0v) is 14.7. The molecule has 0 atom stereocenters. The maximum atomic E-state index is 12.2. The van der Waals surface area contributed by atoms with Crippen molar-refractivity contribution < 1.29 is 4.39 Å². The summed E-state index contributed by atoms with van der Waals surface area (Å²) in [5, 5.41) is 9.88. The van der Waals surface area contributed by atoms with Crippen LogP contribution in [-0.4, -0.2) is 6.67 Å². The molecule has 0 bridgehead atoms. The Hall–Kier alpha value is -2.14. The molecule has 0 amide bonds. The average molecular weight is 335 g/mol. The second-order valence-electron chi connectivity index (χ2n) is 7.22. The second kappa shape index (κ2) is 8.30. The van der Waals surface area contributed by atoms with E-state index in [4.69, 9.17) is 0 Å². The van der Waals surface area contributed by atoms with E-state index in [-0.39, 0.29) is 12.6 Å². The summed E-state index contributed by atoms with van der Waals surface area (Å²) < 4.78 is 12.2. The molecule has 3 rings (SSSR count). The highest BCUT2D eigenvalue weighted by Crippen LogP contribution is 2.45. The number of alkyl halides is 1. The molecule has 0 aromatic heterocycles. The quantitative estimate of drug-likeness (QED) is 0.594. The van der Waals surface area contributed by atoms with E-state index in [0.717, 1.165) is 25.7 Å². The van der Waals surface area contributed by atoms with Gasteiger partial charge in [0.25, 0.3) is 0 Å². The first-order chi connectivity index (χ1) is 12.3. The molecule has 0 heterocycles. The minimum Gasteiger partial charge on any atom is -0.251 e. The van der Waals surface area contributed by atoms with Gasteiger partial charge < -0.3 is 0 Å². The van der Waals surface area contributed by atoms with E-state index in [1.165, 1.54) is 5.56 Å². The molecule has 0 N–H and O–H groups in total. The number of benzene rings is 1. The molecule has 0 spiro atoms. The van der Waals surface area contributed by atoms with Crippen molar-refractivity contribution in [1.29, 1.82) is 5.26 Å². The minimum absolute atomic E-state index is 0.266. The first-order valence-corrected chi connectivity index (χ1v) is 9.35. The van der Waals surface area contributed by atoms with Crippen molar-refractivity contribution >= 4 is 0 Å². The fraction of sp³-hybridized carbons (Fsp3) is 0.435. The molecular formula is C23H26FN. The largest absolute Gasteiger partial charge is 0.251 e. The molecule has 0 aliphatic heterocycles. The molecule has 2 aliphatic rings. The fourth-order valence-corrected chi connectivity index (χ4v) is 4.12. The van der Waals surface area contributed by atoms with Crippen LogP contribution in [0.5, 0.6) is 0 Å². The van der Waals surface area contributed by atoms with Crippen LogP contribution in [0.25, 0.3) is 0 Å². The van der Waals surface area contributed by atoms with Gasteiger partial charge in [-0.25, -0.2) is 0 Å². The summed E-state index contributed by atoms with van der Waals surface area (Å²) in [5.41, 5.74) is 0.807. The Bertz CT molecular complexity index is 658. The van der Waals surface area contributed by atoms with Gasteiger partial charge in [-0.05, 0) is 49.5 Å². The van der Waals surface area contributed by atoms with E-state index >= 15 is 0 Å². The van der Waals surface area contributed by atoms with Crippen molar-refractivity contribution in [1.82, 2.24) is 0 Å². The summed E-state index contributed by atoms with van der Waals surface area (Å²) in [4.78, 5) is 0. The molecule has 1 nitrogen and oxygen atoms in total. The third-order valence-electron chi connectivity index (χ3n) is 5.67. The smallest absolute Gasteiger partial charge is 0.0962 e. The molecule has 1 aromatic carbocycles. The Morgan fingerprint density at radius 2 is 1.76 bits per heavy atom. The first kappa shape index (κ1) is 17.7. The van der Waals surface area contributed by atoms with E-state index in [0.29, 0.717) is 18.3 Å². The van der Waals surface area contributed by atoms with Crippen LogP contribution in [-0.2, 0) is 0 Å². The van der Waals surface area contributed by atoms with Gasteiger partial charge in [0, 0.05) is 5.92 Å². The van der Waals surface area contributed by atoms with Crippen LogP contribution >= 0.6 is 0 Å². The number of nitrogens with zero attached hydrogens (tertiary/aromatic N) is 1. The third-order valence-corrected chi connectivity index (χ3v) is 5.67. The second-order valence-corrected chi connectivity index (χ2v) is 7.22. The van der Waals surface area contributed by atoms with Crippen molar-refractivity contribution in [2.45, 2.75) is 38.0 Å². The van der Waals surface area contributed by atoms with E-state index < -0.39 is 5.41 Å². The van der Waals surface area contributed by atoms with Gasteiger partial charge in [-0.3, -0.25) is 4.39 Å². The van der Waals surface area contributed by atoms with Crippen LogP contribution in [0.15, 0.2) is 66.8 Å². The SMILES string of the molecule is N#CC1([C@H]2CC[C@H](/C=C/CCF)CC2)C=CC(c2ccccc2)C=C1. The Labute approximate surface area is 150 Å². The normalized spacial score (nSPS) is 31.9. The zero-order valence-electron chi connectivity index (χ0n) is 14.7. The average Bonchev–Trinajstić information content (AvgIpc) is 2.69. The standard InChI is InChI=1S/C23H26FN/c24-17-5-4-6-19-9-11-22(12-10-19)23(18-25)15-13-21(14-16-23)20-7-2-1-3-8-20/h1-4,6-8,13-16,19,21-22H,5,9-12,17H2/b6-4+/t19-,21?,22-,23?. The van der Waals surface area contributed by atoms with E-state index in [2.05, 4.69) is 60.7 Å². The van der Waals surface area contributed by atoms with Crippen LogP contribution in [0.3, 0.4) is 0 Å². The minimum atomic E-state index is -0.459. The molecule has 0 radical (unpaired) electrons. The van der Waals surface area contributed by atoms with Crippen molar-refractivity contribution in [3.05, 3.63) is 72.4 Å². The molecule has 2 aliphatic carbocycles. The Morgan fingerprint density at radius 1 is 1.08 bits per heavy atom. The molecular weight excluding hydrogens is 309 g/mol. The summed E-state index contributed by atoms with van der Waals surface area (Å²) in [6.07, 6.45) is 17.6. The molecule has 2 heteroatoms. The number of rotatable bonds is 5. The topological polar surface area (TPSA) is 23.8 Å². The van der Waals surface area contributed by atoms with Crippen molar-refractivity contribution in [3.63, 3.8) is 0 Å². The summed E-state index contributed by atoms with van der Waals surface area (Å²) in [6.45, 7) is -0.276. The predicted octanol–water partition coefficient (Wildman–Crippen LogP) is 6.13. The van der Waals surface area contributed by atoms with Crippen molar-refractivity contribution in [3.8, 4) is 6.07 Å². The Morgan fingerprint density at radius 3 is 2.36 bits per heavy atom. The van der Waals surface area contributed by atoms with Crippen LogP contribution in [0.1, 0.15) is 43.6 Å². The number of hydrogen-bond acceptors (Lipinski definition) is 1. The van der Waals surface area contributed by atoms with E-state index in [1.807, 2.05) is 12.1 Å². The highest BCUT2D eigenvalue weighted by Gasteiger charge is 2.38. The Balaban J connectivity index is 1.64. The monoisotopic (exact) mass is 335 g/mol. The van der Waals surface area contributed by atoms with Crippen LogP contribution in [0.2, 0.25) is 0 Å². The molecule has 0 unspecified atom stereocenters. The van der Waals surface area contributed by atoms with Gasteiger partial charge in [-0.2, -0.15) is 5.26 Å². The lowest BCUT2D eigenvalue weighted by Crippen LogP contribution is -2.30. The maximum absolute atomic E-state index is 12.2. The molecule has 0 saturated heterocycles. The van der Waals surface area contributed by atoms with Gasteiger partial charge in [0.2, 0.25) is 0 Å². The van der Waals surface area contributed by atoms with Crippen LogP contribution < -0.4 is 0 Å². The van der Waals surface area contributed by atoms with Crippen molar-refractivity contribution in [2.75, 3.05) is 6.67 Å². The van der Waals surface area contributed by atoms with Gasteiger partial charge in [-0.15, -0.1) is 0 Å². The van der Waals surface area contributed by atoms with E-state index in [9.17, 15) is 9.65 Å². The summed E-state index contributed by atoms with van der Waals surface area (Å²) in [6, 6.07) is 13.0. The highest BCUT2D eigenvalue weighted by atomic mass is 19.1. The predicted molar refractivity (Wildman–Crippen MR) is 101 cm³/mol. The summed E-state index contributed by atoms with van der Waals surface area (Å²) >= 11 is 0. The Kier molecular flexibility index (Phi) is 5.87. The number of halogens is 1. The summed E-state index contributed by atoms with van der Waals surface area (Å²) in [5.74, 6) is 1.20. The third kappa shape index (κ3) is 4.10. The van der Waals surface area contributed by atoms with Crippen LogP contribution in [0, 0.1) is 28.6 Å². The molecule has 1 aromatic rings. The number of allylic oxidation sites excluding steroid dienone is 6. The maximum Gasteiger partial charge on any atom is 0.0962 e. The van der Waals surface area contributed by atoms with Gasteiger partial charge in [0.05, 0.1) is 18.2 Å². The van der Waals surface area contributed by atoms with Gasteiger partial charge in [0.15, 0.2) is 0 Å². The summed E-state index contributed by atoms with van der Waals surface area (Å²) in [7, 11) is 0. The molecule has 1 fully saturated rings. The highest BCUT2D eigenvalue weighted by molar-refractivity contribution is 5.38. The number of hydrogen-bond donors (Lipinski definition) is 0. The van der Waals surface area contributed by atoms with Crippen LogP contribution in [0.4, 0.5) is 4.39 Å². The molecule has 1 saturated carbocycles. The fourth-order valence-electron chi connectivity index (χ4n) is 4.12. The first-order valence-electron chi connectivity index (χ1n) is 9.35. The van der Waals surface area contributed by atoms with Gasteiger partial charge >= 0.3 is 0 Å². The lowest BCUT2D eigenvalue weighted by molar-refractivity contribution is 0.238. The molecule has 130 valence electrons. The zero-order chi connectivity index (χ0) is 17.5.